The zero-order chi connectivity index (χ0) is 23.1. The van der Waals surface area contributed by atoms with Crippen LogP contribution in [0.4, 0.5) is 13.2 Å². The molecule has 0 aliphatic carbocycles. The van der Waals surface area contributed by atoms with E-state index in [-0.39, 0.29) is 29.1 Å². The maximum Gasteiger partial charge on any atom is 0.416 e. The molecule has 0 fully saturated rings. The van der Waals surface area contributed by atoms with Crippen molar-refractivity contribution < 1.29 is 22.5 Å². The summed E-state index contributed by atoms with van der Waals surface area (Å²) in [7, 11) is 0. The van der Waals surface area contributed by atoms with E-state index in [4.69, 9.17) is 4.52 Å². The van der Waals surface area contributed by atoms with Crippen LogP contribution in [0.1, 0.15) is 37.3 Å². The quantitative estimate of drug-likeness (QED) is 0.442. The second kappa shape index (κ2) is 10.4. The van der Waals surface area contributed by atoms with Gasteiger partial charge in [-0.25, -0.2) is 0 Å². The predicted molar refractivity (Wildman–Crippen MR) is 115 cm³/mol. The molecule has 3 aromatic rings. The number of aromatic nitrogens is 2. The molecular weight excluding hydrogens is 419 g/mol. The van der Waals surface area contributed by atoms with Crippen molar-refractivity contribution in [1.82, 2.24) is 15.0 Å². The molecule has 170 valence electrons. The van der Waals surface area contributed by atoms with Gasteiger partial charge in [-0.15, -0.1) is 0 Å². The highest BCUT2D eigenvalue weighted by Crippen LogP contribution is 2.31. The molecule has 0 radical (unpaired) electrons. The van der Waals surface area contributed by atoms with Gasteiger partial charge in [-0.05, 0) is 30.0 Å². The number of halogens is 3. The lowest BCUT2D eigenvalue weighted by molar-refractivity contribution is -0.137. The minimum atomic E-state index is -4.45. The largest absolute Gasteiger partial charge is 0.416 e. The summed E-state index contributed by atoms with van der Waals surface area (Å²) in [5.41, 5.74) is 0.596. The van der Waals surface area contributed by atoms with Gasteiger partial charge in [0.2, 0.25) is 17.6 Å². The fraction of sp³-hybridized carbons (Fsp3) is 0.375. The summed E-state index contributed by atoms with van der Waals surface area (Å²) < 4.78 is 44.1. The molecule has 0 unspecified atom stereocenters. The van der Waals surface area contributed by atoms with Gasteiger partial charge in [-0.1, -0.05) is 61.5 Å². The van der Waals surface area contributed by atoms with Gasteiger partial charge in [0.15, 0.2) is 0 Å². The summed E-state index contributed by atoms with van der Waals surface area (Å²) in [6.07, 6.45) is -2.96. The Balaban J connectivity index is 1.67. The van der Waals surface area contributed by atoms with E-state index < -0.39 is 11.7 Å². The van der Waals surface area contributed by atoms with Crippen molar-refractivity contribution in [3.8, 4) is 11.4 Å². The molecule has 0 saturated carbocycles. The van der Waals surface area contributed by atoms with Gasteiger partial charge in [0.25, 0.3) is 0 Å². The van der Waals surface area contributed by atoms with Crippen LogP contribution < -0.4 is 0 Å². The molecular formula is C24H26F3N3O2. The van der Waals surface area contributed by atoms with Gasteiger partial charge in [0.1, 0.15) is 0 Å². The summed E-state index contributed by atoms with van der Waals surface area (Å²) in [6.45, 7) is 4.94. The van der Waals surface area contributed by atoms with E-state index in [0.29, 0.717) is 25.9 Å². The highest BCUT2D eigenvalue weighted by atomic mass is 19.4. The van der Waals surface area contributed by atoms with E-state index in [1.165, 1.54) is 12.1 Å². The zero-order valence-electron chi connectivity index (χ0n) is 18.1. The van der Waals surface area contributed by atoms with Crippen LogP contribution in [0.5, 0.6) is 0 Å². The molecule has 0 saturated heterocycles. The van der Waals surface area contributed by atoms with Crippen LogP contribution >= 0.6 is 0 Å². The lowest BCUT2D eigenvalue weighted by atomic mass is 10.1. The molecule has 32 heavy (non-hydrogen) atoms. The molecule has 0 N–H and O–H groups in total. The average Bonchev–Trinajstić information content (AvgIpc) is 3.22. The molecule has 1 aromatic heterocycles. The lowest BCUT2D eigenvalue weighted by Crippen LogP contribution is -2.35. The van der Waals surface area contributed by atoms with Gasteiger partial charge < -0.3 is 9.42 Å². The Hall–Kier alpha value is -3.16. The third-order valence-electron chi connectivity index (χ3n) is 4.96. The molecule has 1 heterocycles. The predicted octanol–water partition coefficient (Wildman–Crippen LogP) is 5.42. The van der Waals surface area contributed by atoms with Gasteiger partial charge in [-0.3, -0.25) is 4.79 Å². The number of nitrogens with zero attached hydrogens (tertiary/aromatic N) is 3. The van der Waals surface area contributed by atoms with Crippen LogP contribution in [0.2, 0.25) is 0 Å². The zero-order valence-corrected chi connectivity index (χ0v) is 18.1. The maximum absolute atomic E-state index is 13.0. The number of amides is 1. The first-order valence-electron chi connectivity index (χ1n) is 10.5. The standard InChI is InChI=1S/C24H26F3N3O2/c1-17(2)15-22(31)30(13-11-18-7-4-3-5-8-18)14-12-21-28-23(29-32-21)19-9-6-10-20(16-19)24(25,26)27/h3-10,16-17H,11-15H2,1-2H3. The van der Waals surface area contributed by atoms with E-state index >= 15 is 0 Å². The summed E-state index contributed by atoms with van der Waals surface area (Å²) in [4.78, 5) is 18.7. The fourth-order valence-corrected chi connectivity index (χ4v) is 3.29. The maximum atomic E-state index is 13.0. The van der Waals surface area contributed by atoms with Crippen molar-refractivity contribution in [2.75, 3.05) is 13.1 Å². The number of rotatable bonds is 9. The molecule has 2 aromatic carbocycles. The highest BCUT2D eigenvalue weighted by molar-refractivity contribution is 5.76. The van der Waals surface area contributed by atoms with E-state index in [1.807, 2.05) is 44.2 Å². The summed E-state index contributed by atoms with van der Waals surface area (Å²) >= 11 is 0. The smallest absolute Gasteiger partial charge is 0.342 e. The van der Waals surface area contributed by atoms with Crippen molar-refractivity contribution in [2.24, 2.45) is 5.92 Å². The minimum absolute atomic E-state index is 0.0496. The van der Waals surface area contributed by atoms with Gasteiger partial charge in [0.05, 0.1) is 5.56 Å². The Morgan fingerprint density at radius 3 is 2.44 bits per heavy atom. The molecule has 5 nitrogen and oxygen atoms in total. The Bertz CT molecular complexity index is 1020. The summed E-state index contributed by atoms with van der Waals surface area (Å²) in [5.74, 6) is 0.654. The normalized spacial score (nSPS) is 11.7. The number of carbonyl (C=O) groups is 1. The second-order valence-corrected chi connectivity index (χ2v) is 8.05. The van der Waals surface area contributed by atoms with E-state index in [1.54, 1.807) is 4.90 Å². The van der Waals surface area contributed by atoms with Gasteiger partial charge in [0, 0.05) is 31.5 Å². The van der Waals surface area contributed by atoms with Crippen molar-refractivity contribution >= 4 is 5.91 Å². The molecule has 0 spiro atoms. The van der Waals surface area contributed by atoms with Crippen molar-refractivity contribution in [3.63, 3.8) is 0 Å². The Morgan fingerprint density at radius 2 is 1.75 bits per heavy atom. The van der Waals surface area contributed by atoms with Crippen molar-refractivity contribution in [1.29, 1.82) is 0 Å². The average molecular weight is 445 g/mol. The van der Waals surface area contributed by atoms with Gasteiger partial charge >= 0.3 is 6.18 Å². The second-order valence-electron chi connectivity index (χ2n) is 8.05. The highest BCUT2D eigenvalue weighted by Gasteiger charge is 2.30. The number of carbonyl (C=O) groups excluding carboxylic acids is 1. The Morgan fingerprint density at radius 1 is 1.03 bits per heavy atom. The third-order valence-corrected chi connectivity index (χ3v) is 4.96. The first kappa shape index (κ1) is 23.5. The fourth-order valence-electron chi connectivity index (χ4n) is 3.29. The van der Waals surface area contributed by atoms with Crippen LogP contribution in [0.25, 0.3) is 11.4 Å². The number of alkyl halides is 3. The molecule has 8 heteroatoms. The topological polar surface area (TPSA) is 59.2 Å². The van der Waals surface area contributed by atoms with Crippen LogP contribution in [0.3, 0.4) is 0 Å². The summed E-state index contributed by atoms with van der Waals surface area (Å²) in [5, 5.41) is 3.82. The van der Waals surface area contributed by atoms with Crippen LogP contribution in [0, 0.1) is 5.92 Å². The third kappa shape index (κ3) is 6.67. The molecule has 0 bridgehead atoms. The van der Waals surface area contributed by atoms with Crippen molar-refractivity contribution in [2.45, 2.75) is 39.3 Å². The lowest BCUT2D eigenvalue weighted by Gasteiger charge is -2.23. The first-order valence-corrected chi connectivity index (χ1v) is 10.5. The Labute approximate surface area is 185 Å². The van der Waals surface area contributed by atoms with Crippen LogP contribution in [-0.4, -0.2) is 34.0 Å². The molecule has 0 atom stereocenters. The van der Waals surface area contributed by atoms with E-state index in [9.17, 15) is 18.0 Å². The molecule has 1 amide bonds. The van der Waals surface area contributed by atoms with E-state index in [2.05, 4.69) is 10.1 Å². The molecule has 0 aliphatic heterocycles. The number of hydrogen-bond donors (Lipinski definition) is 0. The number of benzene rings is 2. The molecule has 0 aliphatic rings. The minimum Gasteiger partial charge on any atom is -0.342 e. The first-order chi connectivity index (χ1) is 15.2. The van der Waals surface area contributed by atoms with E-state index in [0.717, 1.165) is 24.1 Å². The number of hydrogen-bond acceptors (Lipinski definition) is 4. The monoisotopic (exact) mass is 445 g/mol. The Kier molecular flexibility index (Phi) is 7.66. The van der Waals surface area contributed by atoms with Crippen molar-refractivity contribution in [3.05, 3.63) is 71.6 Å². The molecule has 3 rings (SSSR count). The van der Waals surface area contributed by atoms with Gasteiger partial charge in [-0.2, -0.15) is 18.2 Å². The summed E-state index contributed by atoms with van der Waals surface area (Å²) in [6, 6.07) is 14.7. The van der Waals surface area contributed by atoms with Crippen LogP contribution in [-0.2, 0) is 23.8 Å². The SMILES string of the molecule is CC(C)CC(=O)N(CCc1ccccc1)CCc1nc(-c2cccc(C(F)(F)F)c2)no1. The van der Waals surface area contributed by atoms with Crippen LogP contribution in [0.15, 0.2) is 59.1 Å².